The zero-order chi connectivity index (χ0) is 18.9. The number of nitriles is 1. The summed E-state index contributed by atoms with van der Waals surface area (Å²) in [5.41, 5.74) is 2.11. The average molecular weight is 365 g/mol. The number of nitrogens with zero attached hydrogens (tertiary/aromatic N) is 6. The molecule has 2 unspecified atom stereocenters. The molecule has 1 saturated heterocycles. The third kappa shape index (κ3) is 3.56. The largest absolute Gasteiger partial charge is 0.632 e. The Morgan fingerprint density at radius 2 is 2.26 bits per heavy atom. The van der Waals surface area contributed by atoms with Gasteiger partial charge in [-0.25, -0.2) is 4.98 Å². The zero-order valence-corrected chi connectivity index (χ0v) is 15.4. The monoisotopic (exact) mass is 365 g/mol. The number of nitrogens with one attached hydrogen (secondary N) is 1. The second kappa shape index (κ2) is 7.10. The van der Waals surface area contributed by atoms with E-state index < -0.39 is 0 Å². The molecule has 0 aliphatic carbocycles. The van der Waals surface area contributed by atoms with Crippen LogP contribution in [0.1, 0.15) is 36.6 Å². The van der Waals surface area contributed by atoms with E-state index in [9.17, 15) is 5.21 Å². The van der Waals surface area contributed by atoms with Gasteiger partial charge in [-0.15, -0.1) is 0 Å². The molecular weight excluding hydrogens is 342 g/mol. The summed E-state index contributed by atoms with van der Waals surface area (Å²) < 4.78 is -0.378. The van der Waals surface area contributed by atoms with Crippen molar-refractivity contribution >= 4 is 11.8 Å². The van der Waals surface area contributed by atoms with E-state index in [0.29, 0.717) is 30.3 Å². The quantitative estimate of drug-likeness (QED) is 0.654. The van der Waals surface area contributed by atoms with Crippen LogP contribution >= 0.6 is 0 Å². The maximum Gasteiger partial charge on any atom is 0.224 e. The van der Waals surface area contributed by atoms with Crippen LogP contribution in [0.2, 0.25) is 0 Å². The zero-order valence-electron chi connectivity index (χ0n) is 15.4. The van der Waals surface area contributed by atoms with E-state index in [-0.39, 0.29) is 17.2 Å². The lowest BCUT2D eigenvalue weighted by Gasteiger charge is -2.43. The molecular formula is C19H23N7O. The van der Waals surface area contributed by atoms with E-state index in [0.717, 1.165) is 37.3 Å². The Kier molecular flexibility index (Phi) is 4.64. The third-order valence-corrected chi connectivity index (χ3v) is 5.23. The van der Waals surface area contributed by atoms with Crippen molar-refractivity contribution in [2.45, 2.75) is 38.9 Å². The SMILES string of the molecule is CCNc1ncc2c(n1)N1CCCC1C[N+]([O-])(Cc1ccc(C#N)cn1)C2. The van der Waals surface area contributed by atoms with Crippen molar-refractivity contribution < 1.29 is 4.65 Å². The number of rotatable bonds is 4. The molecule has 0 saturated carbocycles. The molecule has 0 radical (unpaired) electrons. The van der Waals surface area contributed by atoms with Crippen LogP contribution in [0.3, 0.4) is 0 Å². The first-order chi connectivity index (χ1) is 13.1. The molecule has 0 aromatic carbocycles. The molecule has 2 aromatic heterocycles. The summed E-state index contributed by atoms with van der Waals surface area (Å²) in [6.45, 7) is 4.82. The number of hydrogen-bond donors (Lipinski definition) is 1. The normalized spacial score (nSPS) is 23.9. The third-order valence-electron chi connectivity index (χ3n) is 5.23. The highest BCUT2D eigenvalue weighted by Crippen LogP contribution is 2.35. The maximum atomic E-state index is 13.7. The maximum absolute atomic E-state index is 13.7. The minimum Gasteiger partial charge on any atom is -0.632 e. The van der Waals surface area contributed by atoms with E-state index in [1.807, 2.05) is 6.92 Å². The molecule has 4 rings (SSSR count). The fraction of sp³-hybridized carbons (Fsp3) is 0.474. The van der Waals surface area contributed by atoms with Crippen LogP contribution in [0, 0.1) is 16.5 Å². The predicted molar refractivity (Wildman–Crippen MR) is 101 cm³/mol. The van der Waals surface area contributed by atoms with Gasteiger partial charge in [-0.2, -0.15) is 10.2 Å². The second-order valence-corrected chi connectivity index (χ2v) is 7.27. The van der Waals surface area contributed by atoms with Gasteiger partial charge in [0.2, 0.25) is 5.95 Å². The molecule has 2 aliphatic heterocycles. The van der Waals surface area contributed by atoms with Crippen LogP contribution in [-0.4, -0.2) is 45.3 Å². The Hall–Kier alpha value is -2.76. The molecule has 2 aromatic rings. The Bertz CT molecular complexity index is 863. The fourth-order valence-corrected chi connectivity index (χ4v) is 4.06. The summed E-state index contributed by atoms with van der Waals surface area (Å²) in [5.74, 6) is 1.51. The van der Waals surface area contributed by atoms with Crippen molar-refractivity contribution in [1.29, 1.82) is 5.26 Å². The molecule has 1 N–H and O–H groups in total. The number of hydroxylamine groups is 3. The summed E-state index contributed by atoms with van der Waals surface area (Å²) in [6, 6.07) is 5.74. The van der Waals surface area contributed by atoms with Crippen LogP contribution in [0.25, 0.3) is 0 Å². The molecule has 0 bridgehead atoms. The van der Waals surface area contributed by atoms with E-state index >= 15 is 0 Å². The second-order valence-electron chi connectivity index (χ2n) is 7.27. The Labute approximate surface area is 158 Å². The topological polar surface area (TPSA) is 101 Å². The van der Waals surface area contributed by atoms with Crippen LogP contribution in [0.4, 0.5) is 11.8 Å². The molecule has 4 heterocycles. The Morgan fingerprint density at radius 1 is 1.37 bits per heavy atom. The van der Waals surface area contributed by atoms with Crippen molar-refractivity contribution in [3.63, 3.8) is 0 Å². The standard InChI is InChI=1S/C19H23N7O/c1-2-21-19-23-10-15-11-26(27,12-16-6-5-14(8-20)9-22-16)13-17-4-3-7-25(17)18(15)24-19/h5-6,9-10,17H,2-4,7,11-13H2,1H3,(H,21,23,24). The summed E-state index contributed by atoms with van der Waals surface area (Å²) in [7, 11) is 0. The molecule has 27 heavy (non-hydrogen) atoms. The number of anilines is 2. The van der Waals surface area contributed by atoms with Gasteiger partial charge in [0.25, 0.3) is 0 Å². The Balaban J connectivity index is 1.65. The first-order valence-corrected chi connectivity index (χ1v) is 9.39. The first-order valence-electron chi connectivity index (χ1n) is 9.39. The number of aromatic nitrogens is 3. The summed E-state index contributed by atoms with van der Waals surface area (Å²) in [5, 5.41) is 25.8. The van der Waals surface area contributed by atoms with Crippen LogP contribution in [0.5, 0.6) is 0 Å². The van der Waals surface area contributed by atoms with Crippen molar-refractivity contribution in [3.8, 4) is 6.07 Å². The molecule has 8 nitrogen and oxygen atoms in total. The number of fused-ring (bicyclic) bond motifs is 3. The molecule has 0 amide bonds. The lowest BCUT2D eigenvalue weighted by Crippen LogP contribution is -2.47. The van der Waals surface area contributed by atoms with Crippen molar-refractivity contribution in [3.05, 3.63) is 46.6 Å². The molecule has 0 spiro atoms. The minimum absolute atomic E-state index is 0.187. The fourth-order valence-electron chi connectivity index (χ4n) is 4.06. The van der Waals surface area contributed by atoms with Gasteiger partial charge in [0, 0.05) is 25.5 Å². The van der Waals surface area contributed by atoms with E-state index in [2.05, 4.69) is 26.3 Å². The lowest BCUT2D eigenvalue weighted by atomic mass is 10.2. The first kappa shape index (κ1) is 17.6. The molecule has 2 aliphatic rings. The van der Waals surface area contributed by atoms with Crippen molar-refractivity contribution in [2.75, 3.05) is 29.9 Å². The molecule has 2 atom stereocenters. The Morgan fingerprint density at radius 3 is 3.00 bits per heavy atom. The smallest absolute Gasteiger partial charge is 0.224 e. The van der Waals surface area contributed by atoms with E-state index in [4.69, 9.17) is 10.2 Å². The van der Waals surface area contributed by atoms with E-state index in [1.54, 1.807) is 18.3 Å². The average Bonchev–Trinajstić information content (AvgIpc) is 3.07. The van der Waals surface area contributed by atoms with Crippen molar-refractivity contribution in [2.24, 2.45) is 0 Å². The van der Waals surface area contributed by atoms with Gasteiger partial charge in [-0.3, -0.25) is 4.98 Å². The van der Waals surface area contributed by atoms with Gasteiger partial charge in [0.15, 0.2) is 0 Å². The van der Waals surface area contributed by atoms with Crippen molar-refractivity contribution in [1.82, 2.24) is 15.0 Å². The van der Waals surface area contributed by atoms with Gasteiger partial charge < -0.3 is 20.1 Å². The molecule has 140 valence electrons. The summed E-state index contributed by atoms with van der Waals surface area (Å²) in [4.78, 5) is 15.7. The van der Waals surface area contributed by atoms with Crippen LogP contribution < -0.4 is 10.2 Å². The van der Waals surface area contributed by atoms with Gasteiger partial charge >= 0.3 is 0 Å². The summed E-state index contributed by atoms with van der Waals surface area (Å²) in [6.07, 6.45) is 5.39. The highest BCUT2D eigenvalue weighted by atomic mass is 16.5. The highest BCUT2D eigenvalue weighted by Gasteiger charge is 2.38. The molecule has 1 fully saturated rings. The van der Waals surface area contributed by atoms with E-state index in [1.165, 1.54) is 6.20 Å². The van der Waals surface area contributed by atoms with Crippen LogP contribution in [0.15, 0.2) is 24.5 Å². The number of quaternary nitrogens is 1. The number of hydrogen-bond acceptors (Lipinski definition) is 7. The summed E-state index contributed by atoms with van der Waals surface area (Å²) >= 11 is 0. The van der Waals surface area contributed by atoms with Gasteiger partial charge in [0.1, 0.15) is 25.0 Å². The van der Waals surface area contributed by atoms with Crippen LogP contribution in [-0.2, 0) is 13.1 Å². The lowest BCUT2D eigenvalue weighted by molar-refractivity contribution is -0.907. The predicted octanol–water partition coefficient (Wildman–Crippen LogP) is 2.17. The minimum atomic E-state index is -0.378. The number of pyridine rings is 1. The van der Waals surface area contributed by atoms with Gasteiger partial charge in [0.05, 0.1) is 29.4 Å². The highest BCUT2D eigenvalue weighted by molar-refractivity contribution is 5.51. The molecule has 8 heteroatoms. The van der Waals surface area contributed by atoms with Gasteiger partial charge in [-0.05, 0) is 31.9 Å². The van der Waals surface area contributed by atoms with Gasteiger partial charge in [-0.1, -0.05) is 0 Å².